The summed E-state index contributed by atoms with van der Waals surface area (Å²) in [6.45, 7) is 6.44. The summed E-state index contributed by atoms with van der Waals surface area (Å²) < 4.78 is 16.7. The maximum Gasteiger partial charge on any atom is 0.306 e. The van der Waals surface area contributed by atoms with Gasteiger partial charge in [0, 0.05) is 19.3 Å². The Labute approximate surface area is 389 Å². The summed E-state index contributed by atoms with van der Waals surface area (Å²) in [6, 6.07) is 0. The molecule has 0 spiro atoms. The van der Waals surface area contributed by atoms with Crippen molar-refractivity contribution in [2.24, 2.45) is 0 Å². The Bertz CT molecular complexity index is 1190. The first-order chi connectivity index (χ1) is 31.0. The van der Waals surface area contributed by atoms with E-state index in [1.807, 2.05) is 0 Å². The predicted molar refractivity (Wildman–Crippen MR) is 270 cm³/mol. The number of hydrogen-bond donors (Lipinski definition) is 0. The number of carbonyl (C=O) groups is 3. The maximum absolute atomic E-state index is 12.7. The van der Waals surface area contributed by atoms with E-state index >= 15 is 0 Å². The van der Waals surface area contributed by atoms with E-state index in [-0.39, 0.29) is 31.1 Å². The number of allylic oxidation sites excluding steroid dienone is 12. The van der Waals surface area contributed by atoms with Gasteiger partial charge >= 0.3 is 17.9 Å². The van der Waals surface area contributed by atoms with E-state index in [9.17, 15) is 14.4 Å². The van der Waals surface area contributed by atoms with Crippen molar-refractivity contribution in [1.82, 2.24) is 0 Å². The highest BCUT2D eigenvalue weighted by Crippen LogP contribution is 2.15. The van der Waals surface area contributed by atoms with Crippen molar-refractivity contribution in [3.8, 4) is 0 Å². The average molecular weight is 879 g/mol. The van der Waals surface area contributed by atoms with Crippen LogP contribution >= 0.6 is 0 Å². The zero-order chi connectivity index (χ0) is 45.8. The summed E-state index contributed by atoms with van der Waals surface area (Å²) >= 11 is 0. The largest absolute Gasteiger partial charge is 0.462 e. The van der Waals surface area contributed by atoms with Crippen LogP contribution in [0.25, 0.3) is 0 Å². The first kappa shape index (κ1) is 59.9. The van der Waals surface area contributed by atoms with Crippen LogP contribution in [-0.2, 0) is 28.6 Å². The molecule has 362 valence electrons. The molecule has 0 saturated carbocycles. The molecule has 0 rings (SSSR count). The monoisotopic (exact) mass is 879 g/mol. The van der Waals surface area contributed by atoms with Crippen molar-refractivity contribution in [3.63, 3.8) is 0 Å². The van der Waals surface area contributed by atoms with Crippen molar-refractivity contribution in [2.45, 2.75) is 258 Å². The SMILES string of the molecule is CC/C=C\C/C=C\C/C=C\C/C=C\C/C=C\C/C=C\CCCCCCCCC(=O)OCC(COC(=O)CCCCCCC)OC(=O)CCCCCCCCCCCCCCCCC. The highest BCUT2D eigenvalue weighted by atomic mass is 16.6. The number of esters is 3. The Hall–Kier alpha value is -3.15. The fourth-order valence-electron chi connectivity index (χ4n) is 7.27. The van der Waals surface area contributed by atoms with E-state index in [1.165, 1.54) is 103 Å². The number of ether oxygens (including phenoxy) is 3. The van der Waals surface area contributed by atoms with Crippen molar-refractivity contribution in [3.05, 3.63) is 72.9 Å². The fourth-order valence-corrected chi connectivity index (χ4v) is 7.27. The Balaban J connectivity index is 4.15. The molecule has 0 saturated heterocycles. The molecule has 0 aliphatic carbocycles. The van der Waals surface area contributed by atoms with Crippen LogP contribution in [0.4, 0.5) is 0 Å². The lowest BCUT2D eigenvalue weighted by Gasteiger charge is -2.18. The summed E-state index contributed by atoms with van der Waals surface area (Å²) in [5, 5.41) is 0. The van der Waals surface area contributed by atoms with E-state index < -0.39 is 6.10 Å². The minimum atomic E-state index is -0.775. The molecule has 0 aromatic carbocycles. The van der Waals surface area contributed by atoms with Gasteiger partial charge in [0.05, 0.1) is 0 Å². The number of rotatable bonds is 47. The maximum atomic E-state index is 12.7. The lowest BCUT2D eigenvalue weighted by atomic mass is 10.0. The summed E-state index contributed by atoms with van der Waals surface area (Å²) in [4.78, 5) is 37.7. The second-order valence-corrected chi connectivity index (χ2v) is 17.4. The van der Waals surface area contributed by atoms with Gasteiger partial charge in [-0.3, -0.25) is 14.4 Å². The third-order valence-corrected chi connectivity index (χ3v) is 11.2. The second-order valence-electron chi connectivity index (χ2n) is 17.4. The first-order valence-electron chi connectivity index (χ1n) is 26.4. The van der Waals surface area contributed by atoms with E-state index in [4.69, 9.17) is 14.2 Å². The summed E-state index contributed by atoms with van der Waals surface area (Å²) in [7, 11) is 0. The van der Waals surface area contributed by atoms with Crippen LogP contribution in [0.5, 0.6) is 0 Å². The first-order valence-corrected chi connectivity index (χ1v) is 26.4. The normalized spacial score (nSPS) is 12.6. The highest BCUT2D eigenvalue weighted by molar-refractivity contribution is 5.71. The lowest BCUT2D eigenvalue weighted by molar-refractivity contribution is -0.167. The van der Waals surface area contributed by atoms with Crippen LogP contribution in [0.3, 0.4) is 0 Å². The van der Waals surface area contributed by atoms with Gasteiger partial charge in [-0.2, -0.15) is 0 Å². The Morgan fingerprint density at radius 2 is 0.619 bits per heavy atom. The van der Waals surface area contributed by atoms with Crippen LogP contribution < -0.4 is 0 Å². The Morgan fingerprint density at radius 1 is 0.333 bits per heavy atom. The van der Waals surface area contributed by atoms with Crippen molar-refractivity contribution in [2.75, 3.05) is 13.2 Å². The second kappa shape index (κ2) is 51.5. The molecule has 0 amide bonds. The molecule has 0 aromatic heterocycles. The number of carbonyl (C=O) groups excluding carboxylic acids is 3. The summed E-state index contributed by atoms with van der Waals surface area (Å²) in [5.74, 6) is -0.904. The zero-order valence-corrected chi connectivity index (χ0v) is 41.3. The fraction of sp³-hybridized carbons (Fsp3) is 0.737. The third kappa shape index (κ3) is 49.7. The van der Waals surface area contributed by atoms with Crippen molar-refractivity contribution in [1.29, 1.82) is 0 Å². The van der Waals surface area contributed by atoms with Gasteiger partial charge < -0.3 is 14.2 Å². The molecular formula is C57H98O6. The van der Waals surface area contributed by atoms with E-state index in [1.54, 1.807) is 0 Å². The molecule has 0 heterocycles. The standard InChI is InChI=1S/C57H98O6/c1-4-7-10-13-15-17-19-21-23-24-25-26-27-28-29-30-31-32-34-35-37-39-41-44-47-50-56(59)62-53-54(52-61-55(58)49-46-43-12-9-6-3)63-57(60)51-48-45-42-40-38-36-33-22-20-18-16-14-11-8-5-2/h7,10,15,17,21,23,25-26,28-29,31-32,54H,4-6,8-9,11-14,16,18-20,22,24,27,30,33-53H2,1-3H3/b10-7-,17-15-,23-21-,26-25-,29-28-,32-31-. The third-order valence-electron chi connectivity index (χ3n) is 11.2. The smallest absolute Gasteiger partial charge is 0.306 e. The lowest BCUT2D eigenvalue weighted by Crippen LogP contribution is -2.30. The molecular weight excluding hydrogens is 781 g/mol. The molecule has 0 aliphatic rings. The Morgan fingerprint density at radius 3 is 0.968 bits per heavy atom. The molecule has 0 aromatic rings. The number of hydrogen-bond acceptors (Lipinski definition) is 6. The van der Waals surface area contributed by atoms with Crippen LogP contribution in [0.2, 0.25) is 0 Å². The number of unbranched alkanes of at least 4 members (excludes halogenated alkanes) is 24. The molecule has 1 unspecified atom stereocenters. The van der Waals surface area contributed by atoms with Crippen molar-refractivity contribution < 1.29 is 28.6 Å². The minimum Gasteiger partial charge on any atom is -0.462 e. The Kier molecular flexibility index (Phi) is 48.9. The average Bonchev–Trinajstić information content (AvgIpc) is 3.28. The molecule has 0 radical (unpaired) electrons. The van der Waals surface area contributed by atoms with Gasteiger partial charge in [-0.25, -0.2) is 0 Å². The molecule has 6 nitrogen and oxygen atoms in total. The van der Waals surface area contributed by atoms with E-state index in [2.05, 4.69) is 93.7 Å². The van der Waals surface area contributed by atoms with Gasteiger partial charge in [-0.1, -0.05) is 235 Å². The quantitative estimate of drug-likeness (QED) is 0.0262. The van der Waals surface area contributed by atoms with Crippen molar-refractivity contribution >= 4 is 17.9 Å². The highest BCUT2D eigenvalue weighted by Gasteiger charge is 2.19. The molecule has 0 aliphatic heterocycles. The summed E-state index contributed by atoms with van der Waals surface area (Å²) in [5.41, 5.74) is 0. The minimum absolute atomic E-state index is 0.0791. The molecule has 6 heteroatoms. The summed E-state index contributed by atoms with van der Waals surface area (Å²) in [6.07, 6.45) is 65.0. The molecule has 1 atom stereocenters. The van der Waals surface area contributed by atoms with Crippen LogP contribution in [0.1, 0.15) is 252 Å². The molecule has 0 bridgehead atoms. The predicted octanol–water partition coefficient (Wildman–Crippen LogP) is 17.4. The molecule has 0 fully saturated rings. The van der Waals surface area contributed by atoms with Gasteiger partial charge in [-0.15, -0.1) is 0 Å². The zero-order valence-electron chi connectivity index (χ0n) is 41.3. The van der Waals surface area contributed by atoms with E-state index in [0.29, 0.717) is 19.3 Å². The van der Waals surface area contributed by atoms with Gasteiger partial charge in [0.15, 0.2) is 6.10 Å². The van der Waals surface area contributed by atoms with Gasteiger partial charge in [-0.05, 0) is 70.6 Å². The molecule has 0 N–H and O–H groups in total. The van der Waals surface area contributed by atoms with Crippen LogP contribution in [0.15, 0.2) is 72.9 Å². The topological polar surface area (TPSA) is 78.9 Å². The van der Waals surface area contributed by atoms with Gasteiger partial charge in [0.1, 0.15) is 13.2 Å². The van der Waals surface area contributed by atoms with Gasteiger partial charge in [0.2, 0.25) is 0 Å². The molecule has 63 heavy (non-hydrogen) atoms. The van der Waals surface area contributed by atoms with Gasteiger partial charge in [0.25, 0.3) is 0 Å². The van der Waals surface area contributed by atoms with E-state index in [0.717, 1.165) is 109 Å². The van der Waals surface area contributed by atoms with Crippen LogP contribution in [0, 0.1) is 0 Å². The van der Waals surface area contributed by atoms with Crippen LogP contribution in [-0.4, -0.2) is 37.2 Å².